The number of amides is 1. The lowest BCUT2D eigenvalue weighted by atomic mass is 9.86. The van der Waals surface area contributed by atoms with Gasteiger partial charge in [0.1, 0.15) is 6.04 Å². The predicted molar refractivity (Wildman–Crippen MR) is 107 cm³/mol. The normalized spacial score (nSPS) is 14.2. The van der Waals surface area contributed by atoms with Gasteiger partial charge in [0.05, 0.1) is 0 Å². The van der Waals surface area contributed by atoms with Crippen LogP contribution in [-0.4, -0.2) is 29.1 Å². The van der Waals surface area contributed by atoms with E-state index < -0.39 is 0 Å². The van der Waals surface area contributed by atoms with E-state index in [1.807, 2.05) is 45.2 Å². The van der Waals surface area contributed by atoms with Crippen LogP contribution in [0.2, 0.25) is 0 Å². The van der Waals surface area contributed by atoms with Crippen molar-refractivity contribution in [3.05, 3.63) is 47.1 Å². The third-order valence-corrected chi connectivity index (χ3v) is 4.70. The van der Waals surface area contributed by atoms with Gasteiger partial charge >= 0.3 is 0 Å². The number of benzene rings is 1. The third kappa shape index (κ3) is 5.63. The second kappa shape index (κ2) is 8.65. The highest BCUT2D eigenvalue weighted by Gasteiger charge is 2.25. The van der Waals surface area contributed by atoms with Crippen LogP contribution < -0.4 is 10.6 Å². The number of carbonyl (C=O) groups is 1. The Kier molecular flexibility index (Phi) is 6.76. The first-order chi connectivity index (χ1) is 12.6. The van der Waals surface area contributed by atoms with E-state index in [1.165, 1.54) is 5.56 Å². The Morgan fingerprint density at radius 3 is 2.30 bits per heavy atom. The molecule has 6 heteroatoms. The third-order valence-electron chi connectivity index (χ3n) is 4.70. The van der Waals surface area contributed by atoms with Crippen molar-refractivity contribution in [2.75, 3.05) is 7.05 Å². The molecule has 2 unspecified atom stereocenters. The highest BCUT2D eigenvalue weighted by Crippen LogP contribution is 2.24. The minimum absolute atomic E-state index is 0.0557. The van der Waals surface area contributed by atoms with Crippen molar-refractivity contribution in [2.24, 2.45) is 5.92 Å². The second-order valence-corrected chi connectivity index (χ2v) is 8.47. The summed E-state index contributed by atoms with van der Waals surface area (Å²) in [5.74, 6) is 1.07. The van der Waals surface area contributed by atoms with Crippen molar-refractivity contribution in [2.45, 2.75) is 65.5 Å². The quantitative estimate of drug-likeness (QED) is 0.775. The zero-order valence-corrected chi connectivity index (χ0v) is 17.5. The summed E-state index contributed by atoms with van der Waals surface area (Å²) in [6, 6.07) is 7.66. The molecule has 0 radical (unpaired) electrons. The molecule has 148 valence electrons. The van der Waals surface area contributed by atoms with Gasteiger partial charge in [0.25, 0.3) is 5.91 Å². The van der Waals surface area contributed by atoms with E-state index in [9.17, 15) is 4.79 Å². The van der Waals surface area contributed by atoms with E-state index in [0.717, 1.165) is 0 Å². The summed E-state index contributed by atoms with van der Waals surface area (Å²) < 4.78 is 5.43. The van der Waals surface area contributed by atoms with Crippen LogP contribution in [0.25, 0.3) is 0 Å². The van der Waals surface area contributed by atoms with Crippen LogP contribution in [0.3, 0.4) is 0 Å². The molecule has 2 N–H and O–H groups in total. The van der Waals surface area contributed by atoms with E-state index in [0.29, 0.717) is 23.7 Å². The van der Waals surface area contributed by atoms with Gasteiger partial charge in [-0.15, -0.1) is 0 Å². The molecule has 0 aliphatic carbocycles. The summed E-state index contributed by atoms with van der Waals surface area (Å²) in [7, 11) is 1.90. The average Bonchev–Trinajstić information content (AvgIpc) is 3.06. The zero-order chi connectivity index (χ0) is 20.2. The standard InChI is InChI=1S/C21H32N4O2/c1-13(2)18(20-23-17(25-27-20)12-14(3)22-7)24-19(26)15-8-10-16(11-9-15)21(4,5)6/h8-11,13-14,18,22H,12H2,1-7H3,(H,24,26). The minimum Gasteiger partial charge on any atom is -0.340 e. The summed E-state index contributed by atoms with van der Waals surface area (Å²) in [6.07, 6.45) is 0.674. The van der Waals surface area contributed by atoms with Gasteiger partial charge in [0.15, 0.2) is 5.82 Å². The van der Waals surface area contributed by atoms with E-state index in [1.54, 1.807) is 0 Å². The topological polar surface area (TPSA) is 80.0 Å². The summed E-state index contributed by atoms with van der Waals surface area (Å²) in [5, 5.41) is 10.2. The molecular formula is C21H32N4O2. The number of rotatable bonds is 7. The predicted octanol–water partition coefficient (Wildman–Crippen LogP) is 3.64. The molecule has 0 saturated heterocycles. The molecule has 2 aromatic rings. The van der Waals surface area contributed by atoms with Gasteiger partial charge < -0.3 is 15.2 Å². The van der Waals surface area contributed by atoms with Crippen molar-refractivity contribution < 1.29 is 9.32 Å². The fourth-order valence-corrected chi connectivity index (χ4v) is 2.71. The smallest absolute Gasteiger partial charge is 0.251 e. The first kappa shape index (κ1) is 21.1. The van der Waals surface area contributed by atoms with Gasteiger partial charge in [0.2, 0.25) is 5.89 Å². The number of nitrogens with one attached hydrogen (secondary N) is 2. The van der Waals surface area contributed by atoms with Crippen LogP contribution in [0.15, 0.2) is 28.8 Å². The molecule has 2 rings (SSSR count). The van der Waals surface area contributed by atoms with Crippen molar-refractivity contribution in [3.8, 4) is 0 Å². The maximum absolute atomic E-state index is 12.7. The molecule has 6 nitrogen and oxygen atoms in total. The van der Waals surface area contributed by atoms with E-state index in [-0.39, 0.29) is 29.3 Å². The van der Waals surface area contributed by atoms with E-state index in [4.69, 9.17) is 4.52 Å². The van der Waals surface area contributed by atoms with Crippen LogP contribution >= 0.6 is 0 Å². The summed E-state index contributed by atoms with van der Waals surface area (Å²) in [6.45, 7) is 12.6. The Morgan fingerprint density at radius 1 is 1.15 bits per heavy atom. The molecule has 0 saturated carbocycles. The lowest BCUT2D eigenvalue weighted by molar-refractivity contribution is 0.0914. The molecule has 1 amide bonds. The molecule has 0 aliphatic heterocycles. The Hall–Kier alpha value is -2.21. The fraction of sp³-hybridized carbons (Fsp3) is 0.571. The number of carbonyl (C=O) groups excluding carboxylic acids is 1. The van der Waals surface area contributed by atoms with Crippen LogP contribution in [0.5, 0.6) is 0 Å². The van der Waals surface area contributed by atoms with Gasteiger partial charge in [-0.2, -0.15) is 4.98 Å². The van der Waals surface area contributed by atoms with Crippen molar-refractivity contribution in [1.29, 1.82) is 0 Å². The number of likely N-dealkylation sites (N-methyl/N-ethyl adjacent to an activating group) is 1. The van der Waals surface area contributed by atoms with Gasteiger partial charge in [-0.1, -0.05) is 51.9 Å². The van der Waals surface area contributed by atoms with Crippen LogP contribution in [-0.2, 0) is 11.8 Å². The molecule has 0 aliphatic rings. The van der Waals surface area contributed by atoms with Gasteiger partial charge in [-0.05, 0) is 43.0 Å². The summed E-state index contributed by atoms with van der Waals surface area (Å²) in [4.78, 5) is 17.2. The number of hydrogen-bond donors (Lipinski definition) is 2. The number of nitrogens with zero attached hydrogens (tertiary/aromatic N) is 2. The van der Waals surface area contributed by atoms with Crippen LogP contribution in [0.4, 0.5) is 0 Å². The van der Waals surface area contributed by atoms with Gasteiger partial charge in [-0.25, -0.2) is 0 Å². The van der Waals surface area contributed by atoms with Crippen molar-refractivity contribution >= 4 is 5.91 Å². The molecule has 0 fully saturated rings. The van der Waals surface area contributed by atoms with Crippen LogP contribution in [0.1, 0.15) is 75.2 Å². The maximum atomic E-state index is 12.7. The summed E-state index contributed by atoms with van der Waals surface area (Å²) in [5.41, 5.74) is 1.87. The average molecular weight is 373 g/mol. The first-order valence-electron chi connectivity index (χ1n) is 9.53. The highest BCUT2D eigenvalue weighted by atomic mass is 16.5. The number of aromatic nitrogens is 2. The molecule has 1 aromatic heterocycles. The molecule has 0 spiro atoms. The zero-order valence-electron chi connectivity index (χ0n) is 17.5. The Balaban J connectivity index is 2.13. The molecule has 1 aromatic carbocycles. The van der Waals surface area contributed by atoms with Gasteiger partial charge in [-0.3, -0.25) is 4.79 Å². The Morgan fingerprint density at radius 2 is 1.78 bits per heavy atom. The van der Waals surface area contributed by atoms with Gasteiger partial charge in [0, 0.05) is 18.0 Å². The minimum atomic E-state index is -0.328. The molecule has 0 bridgehead atoms. The fourth-order valence-electron chi connectivity index (χ4n) is 2.71. The highest BCUT2D eigenvalue weighted by molar-refractivity contribution is 5.94. The van der Waals surface area contributed by atoms with Crippen LogP contribution in [0, 0.1) is 5.92 Å². The molecular weight excluding hydrogens is 340 g/mol. The lowest BCUT2D eigenvalue weighted by Crippen LogP contribution is -2.32. The van der Waals surface area contributed by atoms with Crippen molar-refractivity contribution in [3.63, 3.8) is 0 Å². The lowest BCUT2D eigenvalue weighted by Gasteiger charge is -2.20. The maximum Gasteiger partial charge on any atom is 0.251 e. The molecule has 1 heterocycles. The Bertz CT molecular complexity index is 744. The molecule has 2 atom stereocenters. The van der Waals surface area contributed by atoms with E-state index in [2.05, 4.69) is 48.5 Å². The van der Waals surface area contributed by atoms with Crippen molar-refractivity contribution in [1.82, 2.24) is 20.8 Å². The largest absolute Gasteiger partial charge is 0.340 e. The summed E-state index contributed by atoms with van der Waals surface area (Å²) >= 11 is 0. The van der Waals surface area contributed by atoms with E-state index >= 15 is 0 Å². The monoisotopic (exact) mass is 372 g/mol. The second-order valence-electron chi connectivity index (χ2n) is 8.47. The first-order valence-corrected chi connectivity index (χ1v) is 9.53. The number of hydrogen-bond acceptors (Lipinski definition) is 5. The molecule has 27 heavy (non-hydrogen) atoms. The Labute approximate surface area is 162 Å². The SMILES string of the molecule is CNC(C)Cc1noc(C(NC(=O)c2ccc(C(C)(C)C)cc2)C(C)C)n1.